The van der Waals surface area contributed by atoms with Crippen molar-refractivity contribution >= 4 is 25.5 Å². The van der Waals surface area contributed by atoms with Gasteiger partial charge in [-0.25, -0.2) is 26.0 Å². The smallest absolute Gasteiger partial charge is 0.504 e. The van der Waals surface area contributed by atoms with Gasteiger partial charge in [-0.1, -0.05) is 0 Å². The van der Waals surface area contributed by atoms with Gasteiger partial charge in [0.1, 0.15) is 10.6 Å². The van der Waals surface area contributed by atoms with Crippen molar-refractivity contribution in [3.05, 3.63) is 41.5 Å². The average molecular weight is 483 g/mol. The second-order valence-electron chi connectivity index (χ2n) is 5.35. The van der Waals surface area contributed by atoms with Crippen LogP contribution in [0, 0.1) is 23.3 Å². The van der Waals surface area contributed by atoms with Crippen LogP contribution in [0.15, 0.2) is 28.0 Å². The van der Waals surface area contributed by atoms with E-state index in [1.807, 2.05) is 0 Å². The van der Waals surface area contributed by atoms with E-state index < -0.39 is 69.9 Å². The number of rotatable bonds is 5. The number of aromatic hydroxyl groups is 1. The van der Waals surface area contributed by atoms with Crippen molar-refractivity contribution in [2.45, 2.75) is 15.3 Å². The highest BCUT2D eigenvalue weighted by atomic mass is 32.2. The molecular weight excluding hydrogens is 475 g/mol. The zero-order valence-electron chi connectivity index (χ0n) is 14.2. The number of nitrogens with one attached hydrogen (secondary N) is 1. The van der Waals surface area contributed by atoms with Gasteiger partial charge < -0.3 is 9.84 Å². The van der Waals surface area contributed by atoms with E-state index in [-0.39, 0.29) is 10.5 Å². The molecule has 2 aromatic carbocycles. The zero-order chi connectivity index (χ0) is 23.2. The molecule has 0 saturated carbocycles. The summed E-state index contributed by atoms with van der Waals surface area (Å²) >= 11 is 0. The molecule has 166 valence electrons. The molecule has 7 nitrogen and oxygen atoms in total. The molecule has 0 heterocycles. The number of sulfone groups is 1. The van der Waals surface area contributed by atoms with E-state index in [4.69, 9.17) is 0 Å². The zero-order valence-corrected chi connectivity index (χ0v) is 15.8. The van der Waals surface area contributed by atoms with Gasteiger partial charge in [-0.3, -0.25) is 4.72 Å². The molecule has 16 heteroatoms. The number of alkyl halides is 3. The Balaban J connectivity index is 2.74. The molecule has 0 aliphatic heterocycles. The molecule has 0 aliphatic carbocycles. The van der Waals surface area contributed by atoms with Crippen LogP contribution in [0.2, 0.25) is 0 Å². The maximum Gasteiger partial charge on any atom is 0.516 e. The van der Waals surface area contributed by atoms with Crippen molar-refractivity contribution in [3.63, 3.8) is 0 Å². The molecular formula is C14H8F7NO6S2. The SMILES string of the molecule is COc1ccc(S(=O)(=O)c2c(F)c(F)c(NS(=O)(=O)C(F)(F)F)c(F)c2F)cc1O. The quantitative estimate of drug-likeness (QED) is 0.500. The summed E-state index contributed by atoms with van der Waals surface area (Å²) in [5.74, 6) is -12.0. The van der Waals surface area contributed by atoms with E-state index in [2.05, 4.69) is 4.74 Å². The lowest BCUT2D eigenvalue weighted by Gasteiger charge is -2.15. The number of ether oxygens (including phenoxy) is 1. The summed E-state index contributed by atoms with van der Waals surface area (Å²) in [5.41, 5.74) is -8.52. The number of methoxy groups -OCH3 is 1. The Morgan fingerprint density at radius 3 is 1.83 bits per heavy atom. The molecule has 0 bridgehead atoms. The van der Waals surface area contributed by atoms with Crippen molar-refractivity contribution in [2.24, 2.45) is 0 Å². The first-order valence-corrected chi connectivity index (χ1v) is 10.1. The maximum atomic E-state index is 14.2. The van der Waals surface area contributed by atoms with Crippen LogP contribution in [-0.4, -0.2) is 34.6 Å². The average Bonchev–Trinajstić information content (AvgIpc) is 2.62. The van der Waals surface area contributed by atoms with E-state index in [0.717, 1.165) is 13.2 Å². The van der Waals surface area contributed by atoms with E-state index in [9.17, 15) is 52.7 Å². The lowest BCUT2D eigenvalue weighted by molar-refractivity contribution is -0.0429. The topological polar surface area (TPSA) is 110 Å². The summed E-state index contributed by atoms with van der Waals surface area (Å²) in [6.07, 6.45) is 0. The molecule has 0 atom stereocenters. The van der Waals surface area contributed by atoms with Gasteiger partial charge in [0.15, 0.2) is 34.8 Å². The number of benzene rings is 2. The fourth-order valence-corrected chi connectivity index (χ4v) is 4.05. The van der Waals surface area contributed by atoms with Crippen molar-refractivity contribution < 1.29 is 57.4 Å². The number of phenolic OH excluding ortho intramolecular Hbond substituents is 1. The molecule has 0 radical (unpaired) electrons. The van der Waals surface area contributed by atoms with Gasteiger partial charge in [-0.2, -0.15) is 21.6 Å². The molecule has 0 fully saturated rings. The van der Waals surface area contributed by atoms with Crippen molar-refractivity contribution in [1.29, 1.82) is 0 Å². The normalized spacial score (nSPS) is 12.7. The van der Waals surface area contributed by atoms with Gasteiger partial charge in [-0.15, -0.1) is 0 Å². The first-order valence-electron chi connectivity index (χ1n) is 7.13. The van der Waals surface area contributed by atoms with Crippen LogP contribution in [0.5, 0.6) is 11.5 Å². The maximum absolute atomic E-state index is 14.2. The Kier molecular flexibility index (Phi) is 5.88. The minimum absolute atomic E-state index is 0.274. The van der Waals surface area contributed by atoms with E-state index >= 15 is 0 Å². The van der Waals surface area contributed by atoms with Crippen molar-refractivity contribution in [3.8, 4) is 11.5 Å². The Bertz CT molecular complexity index is 1200. The van der Waals surface area contributed by atoms with Gasteiger partial charge in [0, 0.05) is 6.07 Å². The summed E-state index contributed by atoms with van der Waals surface area (Å²) in [6, 6.07) is 1.89. The third-order valence-corrected chi connectivity index (χ3v) is 6.35. The van der Waals surface area contributed by atoms with Crippen LogP contribution in [0.1, 0.15) is 0 Å². The Hall–Kier alpha value is -2.75. The monoisotopic (exact) mass is 483 g/mol. The second-order valence-corrected chi connectivity index (χ2v) is 8.91. The predicted molar refractivity (Wildman–Crippen MR) is 85.0 cm³/mol. The number of anilines is 1. The van der Waals surface area contributed by atoms with Gasteiger partial charge in [0.2, 0.25) is 9.84 Å². The van der Waals surface area contributed by atoms with Crippen LogP contribution in [0.4, 0.5) is 36.4 Å². The molecule has 0 spiro atoms. The summed E-state index contributed by atoms with van der Waals surface area (Å²) in [7, 11) is -10.9. The summed E-state index contributed by atoms with van der Waals surface area (Å²) in [6.45, 7) is 0. The van der Waals surface area contributed by atoms with E-state index in [1.54, 1.807) is 0 Å². The van der Waals surface area contributed by atoms with Gasteiger partial charge in [0.05, 0.1) is 12.0 Å². The molecule has 0 aromatic heterocycles. The van der Waals surface area contributed by atoms with Crippen LogP contribution >= 0.6 is 0 Å². The Morgan fingerprint density at radius 2 is 1.43 bits per heavy atom. The predicted octanol–water partition coefficient (Wildman–Crippen LogP) is 3.05. The standard InChI is InChI=1S/C14H8F7NO6S2/c1-28-7-3-2-5(4-6(7)23)29(24,25)13-10(17)8(15)12(9(16)11(13)18)22-30(26,27)14(19,20)21/h2-4,22-23H,1H3. The first-order chi connectivity index (χ1) is 13.6. The second kappa shape index (κ2) is 7.50. The van der Waals surface area contributed by atoms with Crippen LogP contribution in [-0.2, 0) is 19.9 Å². The highest BCUT2D eigenvalue weighted by molar-refractivity contribution is 7.93. The lowest BCUT2D eigenvalue weighted by Crippen LogP contribution is -2.31. The minimum atomic E-state index is -6.50. The molecule has 30 heavy (non-hydrogen) atoms. The van der Waals surface area contributed by atoms with Gasteiger partial charge >= 0.3 is 15.5 Å². The third-order valence-electron chi connectivity index (χ3n) is 3.49. The van der Waals surface area contributed by atoms with Gasteiger partial charge in [-0.05, 0) is 12.1 Å². The molecule has 2 aromatic rings. The number of sulfonamides is 1. The van der Waals surface area contributed by atoms with Crippen LogP contribution in [0.3, 0.4) is 0 Å². The van der Waals surface area contributed by atoms with E-state index in [1.165, 1.54) is 0 Å². The molecule has 0 amide bonds. The molecule has 0 unspecified atom stereocenters. The highest BCUT2D eigenvalue weighted by Gasteiger charge is 2.47. The number of phenols is 1. The Labute approximate surface area is 163 Å². The summed E-state index contributed by atoms with van der Waals surface area (Å²) in [4.78, 5) is -3.34. The number of hydrogen-bond acceptors (Lipinski definition) is 6. The van der Waals surface area contributed by atoms with Gasteiger partial charge in [0.25, 0.3) is 0 Å². The number of hydrogen-bond donors (Lipinski definition) is 2. The third kappa shape index (κ3) is 3.83. The van der Waals surface area contributed by atoms with Crippen LogP contribution in [0.25, 0.3) is 0 Å². The fraction of sp³-hybridized carbons (Fsp3) is 0.143. The largest absolute Gasteiger partial charge is 0.516 e. The summed E-state index contributed by atoms with van der Waals surface area (Å²) < 4.78 is 145. The molecule has 0 saturated heterocycles. The lowest BCUT2D eigenvalue weighted by atomic mass is 10.2. The van der Waals surface area contributed by atoms with Crippen LogP contribution < -0.4 is 9.46 Å². The van der Waals surface area contributed by atoms with Crippen molar-refractivity contribution in [1.82, 2.24) is 0 Å². The Morgan fingerprint density at radius 1 is 0.933 bits per heavy atom. The van der Waals surface area contributed by atoms with Crippen molar-refractivity contribution in [2.75, 3.05) is 11.8 Å². The summed E-state index contributed by atoms with van der Waals surface area (Å²) in [5, 5.41) is 9.59. The minimum Gasteiger partial charge on any atom is -0.504 e. The molecule has 2 rings (SSSR count). The highest BCUT2D eigenvalue weighted by Crippen LogP contribution is 2.37. The van der Waals surface area contributed by atoms with E-state index in [0.29, 0.717) is 12.1 Å². The first kappa shape index (κ1) is 23.5. The molecule has 2 N–H and O–H groups in total. The fourth-order valence-electron chi connectivity index (χ4n) is 2.08. The molecule has 0 aliphatic rings. The number of halogens is 7.